The molecular weight excluding hydrogens is 1600 g/mol. The summed E-state index contributed by atoms with van der Waals surface area (Å²) in [6.45, 7) is 35.1. The minimum Gasteiger partial charge on any atom is -0.494 e. The van der Waals surface area contributed by atoms with Crippen molar-refractivity contribution >= 4 is 5.97 Å². The van der Waals surface area contributed by atoms with Crippen molar-refractivity contribution in [2.75, 3.05) is 40.1 Å². The molecular formula is C111H135F5O11. The number of methoxy groups -OCH3 is 1. The van der Waals surface area contributed by atoms with Gasteiger partial charge in [-0.2, -0.15) is 0 Å². The van der Waals surface area contributed by atoms with Crippen LogP contribution in [0.15, 0.2) is 182 Å². The van der Waals surface area contributed by atoms with E-state index >= 15 is 0 Å². The van der Waals surface area contributed by atoms with Crippen LogP contribution in [-0.4, -0.2) is 66.5 Å². The van der Waals surface area contributed by atoms with E-state index in [4.69, 9.17) is 28.4 Å². The zero-order chi connectivity index (χ0) is 91.7. The van der Waals surface area contributed by atoms with Gasteiger partial charge < -0.3 is 48.8 Å². The van der Waals surface area contributed by atoms with Crippen molar-refractivity contribution in [2.24, 2.45) is 27.1 Å². The number of ether oxygens (including phenoxy) is 6. The van der Waals surface area contributed by atoms with Gasteiger partial charge in [0, 0.05) is 27.8 Å². The van der Waals surface area contributed by atoms with Crippen LogP contribution in [0.2, 0.25) is 0 Å². The summed E-state index contributed by atoms with van der Waals surface area (Å²) in [5.41, 5.74) is 17.7. The maximum Gasteiger partial charge on any atom is 0.337 e. The van der Waals surface area contributed by atoms with Gasteiger partial charge in [-0.05, 0) is 337 Å². The Bertz CT molecular complexity index is 4860. The molecule has 0 aromatic heterocycles. The average Bonchev–Trinajstić information content (AvgIpc) is 1.74. The zero-order valence-electron chi connectivity index (χ0n) is 77.7. The lowest BCUT2D eigenvalue weighted by Crippen LogP contribution is -2.17. The molecule has 0 spiro atoms. The third kappa shape index (κ3) is 23.4. The van der Waals surface area contributed by atoms with E-state index in [1.54, 1.807) is 66.7 Å². The van der Waals surface area contributed by atoms with Crippen LogP contribution >= 0.6 is 0 Å². The van der Waals surface area contributed by atoms with Crippen LogP contribution in [0, 0.1) is 56.2 Å². The van der Waals surface area contributed by atoms with Crippen molar-refractivity contribution in [3.63, 3.8) is 0 Å². The summed E-state index contributed by atoms with van der Waals surface area (Å²) in [6.07, 6.45) is 17.1. The smallest absolute Gasteiger partial charge is 0.337 e. The van der Waals surface area contributed by atoms with E-state index in [1.165, 1.54) is 88.8 Å². The van der Waals surface area contributed by atoms with Gasteiger partial charge in [0.2, 0.25) is 0 Å². The highest BCUT2D eigenvalue weighted by Gasteiger charge is 2.43. The van der Waals surface area contributed by atoms with Crippen molar-refractivity contribution in [1.82, 2.24) is 0 Å². The predicted octanol–water partition coefficient (Wildman–Crippen LogP) is 28.7. The number of halogens is 5. The number of aliphatic hydroxyl groups excluding tert-OH is 4. The first-order chi connectivity index (χ1) is 60.7. The van der Waals surface area contributed by atoms with Crippen molar-refractivity contribution in [3.8, 4) is 84.4 Å². The maximum atomic E-state index is 14.7. The molecule has 4 N–H and O–H groups in total. The van der Waals surface area contributed by atoms with Gasteiger partial charge in [-0.25, -0.2) is 26.7 Å². The van der Waals surface area contributed by atoms with Crippen molar-refractivity contribution in [1.29, 1.82) is 0 Å². The van der Waals surface area contributed by atoms with Crippen LogP contribution in [-0.2, 0) is 31.2 Å². The Kier molecular flexibility index (Phi) is 33.5. The van der Waals surface area contributed by atoms with E-state index < -0.39 is 0 Å². The molecule has 16 heteroatoms. The zero-order valence-corrected chi connectivity index (χ0v) is 77.7. The molecule has 0 heterocycles. The van der Waals surface area contributed by atoms with Gasteiger partial charge in [0.15, 0.2) is 0 Å². The Hall–Kier alpha value is -9.84. The average molecular weight is 1740 g/mol. The van der Waals surface area contributed by atoms with Crippen LogP contribution in [0.5, 0.6) is 28.7 Å². The fraction of sp³-hybridized carbons (Fsp3) is 0.450. The summed E-state index contributed by atoms with van der Waals surface area (Å²) in [6, 6.07) is 53.5. The number of carbonyl (C=O) groups is 1. The molecule has 127 heavy (non-hydrogen) atoms. The molecule has 5 saturated carbocycles. The summed E-state index contributed by atoms with van der Waals surface area (Å²) in [7, 11) is 1.38. The summed E-state index contributed by atoms with van der Waals surface area (Å²) in [4.78, 5) is 12.1. The van der Waals surface area contributed by atoms with Gasteiger partial charge in [0.05, 0.1) is 72.1 Å². The molecule has 3 unspecified atom stereocenters. The predicted molar refractivity (Wildman–Crippen MR) is 502 cm³/mol. The molecule has 680 valence electrons. The van der Waals surface area contributed by atoms with Gasteiger partial charge >= 0.3 is 5.97 Å². The fourth-order valence-electron chi connectivity index (χ4n) is 20.7. The Balaban J connectivity index is 0.000000154. The van der Waals surface area contributed by atoms with Crippen LogP contribution in [0.3, 0.4) is 0 Å². The first-order valence-electron chi connectivity index (χ1n) is 46.0. The van der Waals surface area contributed by atoms with Gasteiger partial charge in [0.25, 0.3) is 0 Å². The number of benzene rings is 10. The largest absolute Gasteiger partial charge is 0.494 e. The standard InChI is InChI=1S/C23H27FO3.4C22H27FO2/c1-5-27-16-9-11-21(24)19(14-16)17-10-8-15(22(25)26-4)13-18(17)20-7-6-12-23(20,2)3;4*1-4-25-16-8-10-21(23)19(13-16)17-9-7-15(14-24)12-18(17)20-6-5-11-22(20,2)3/h8-11,13-14,20H,5-7,12H2,1-4H3;4*7-10,12-13,20,24H,4-6,11,14H2,1-3H3/t;2*20-;;/m.10../s1. The monoisotopic (exact) mass is 1740 g/mol. The Labute approximate surface area is 751 Å². The molecule has 0 radical (unpaired) electrons. The topological polar surface area (TPSA) is 153 Å². The van der Waals surface area contributed by atoms with Crippen LogP contribution < -0.4 is 23.7 Å². The molecule has 5 fully saturated rings. The number of hydrogen-bond acceptors (Lipinski definition) is 11. The number of carbonyl (C=O) groups excluding carboxylic acids is 1. The highest BCUT2D eigenvalue weighted by Crippen LogP contribution is 2.57. The molecule has 5 atom stereocenters. The first kappa shape index (κ1) is 97.8. The van der Waals surface area contributed by atoms with E-state index in [-0.39, 0.29) is 94.5 Å². The minimum absolute atomic E-state index is 0.00188. The molecule has 10 aromatic carbocycles. The molecule has 0 bridgehead atoms. The highest BCUT2D eigenvalue weighted by atomic mass is 19.1. The minimum atomic E-state index is -0.373. The van der Waals surface area contributed by atoms with Crippen molar-refractivity contribution in [2.45, 2.75) is 256 Å². The fourth-order valence-corrected chi connectivity index (χ4v) is 20.7. The van der Waals surface area contributed by atoms with E-state index in [2.05, 4.69) is 93.5 Å². The lowest BCUT2D eigenvalue weighted by molar-refractivity contribution is 0.0600. The SMILES string of the molecule is CCOc1ccc(F)c(-c2ccc(C(=O)OC)cc2C2CCCC2(C)C)c1.CCOc1ccc(F)c(-c2ccc(CO)cc2C2CCCC2(C)C)c1.CCOc1ccc(F)c(-c2ccc(CO)cc2C2CCCC2(C)C)c1.CCOc1ccc(F)c(-c2ccc(CO)cc2[C@@H]2CCCC2(C)C)c1.CCOc1ccc(F)c(-c2ccc(CO)cc2[C@H]2CCCC2(C)C)c1. The highest BCUT2D eigenvalue weighted by molar-refractivity contribution is 5.91. The van der Waals surface area contributed by atoms with Gasteiger partial charge in [-0.3, -0.25) is 0 Å². The lowest BCUT2D eigenvalue weighted by atomic mass is 9.75. The van der Waals surface area contributed by atoms with E-state index in [0.717, 1.165) is 123 Å². The summed E-state index contributed by atoms with van der Waals surface area (Å²) < 4.78 is 106. The molecule has 11 nitrogen and oxygen atoms in total. The second-order valence-corrected chi connectivity index (χ2v) is 38.2. The van der Waals surface area contributed by atoms with E-state index in [1.807, 2.05) is 95.3 Å². The van der Waals surface area contributed by atoms with Crippen molar-refractivity contribution < 1.29 is 75.6 Å². The van der Waals surface area contributed by atoms with E-state index in [0.29, 0.717) is 119 Å². The first-order valence-corrected chi connectivity index (χ1v) is 46.0. The van der Waals surface area contributed by atoms with Crippen LogP contribution in [0.4, 0.5) is 22.0 Å². The summed E-state index contributed by atoms with van der Waals surface area (Å²) >= 11 is 0. The number of rotatable bonds is 25. The summed E-state index contributed by atoms with van der Waals surface area (Å²) in [5.74, 6) is 3.47. The lowest BCUT2D eigenvalue weighted by Gasteiger charge is -2.30. The second kappa shape index (κ2) is 43.5. The maximum absolute atomic E-state index is 14.7. The molecule has 15 rings (SSSR count). The normalized spacial score (nSPS) is 19.0. The number of esters is 1. The molecule has 5 aliphatic carbocycles. The second-order valence-electron chi connectivity index (χ2n) is 38.2. The number of aliphatic hydroxyl groups is 4. The van der Waals surface area contributed by atoms with Crippen LogP contribution in [0.25, 0.3) is 55.6 Å². The van der Waals surface area contributed by atoms with Crippen LogP contribution in [0.1, 0.15) is 290 Å². The quantitative estimate of drug-likeness (QED) is 0.0319. The van der Waals surface area contributed by atoms with Gasteiger partial charge in [-0.15, -0.1) is 0 Å². The Morgan fingerprint density at radius 3 is 0.654 bits per heavy atom. The van der Waals surface area contributed by atoms with E-state index in [9.17, 15) is 47.2 Å². The number of hydrogen-bond donors (Lipinski definition) is 4. The molecule has 0 aliphatic heterocycles. The third-order valence-electron chi connectivity index (χ3n) is 27.5. The van der Waals surface area contributed by atoms with Gasteiger partial charge in [-0.1, -0.05) is 180 Å². The Morgan fingerprint density at radius 1 is 0.283 bits per heavy atom. The third-order valence-corrected chi connectivity index (χ3v) is 27.5. The van der Waals surface area contributed by atoms with Gasteiger partial charge in [0.1, 0.15) is 57.8 Å². The molecule has 10 aromatic rings. The molecule has 5 aliphatic rings. The Morgan fingerprint density at radius 2 is 0.480 bits per heavy atom. The van der Waals surface area contributed by atoms with Crippen molar-refractivity contribution in [3.05, 3.63) is 267 Å². The molecule has 0 amide bonds. The molecule has 0 saturated heterocycles. The summed E-state index contributed by atoms with van der Waals surface area (Å²) in [5, 5.41) is 38.3.